The van der Waals surface area contributed by atoms with Crippen LogP contribution in [0.2, 0.25) is 0 Å². The van der Waals surface area contributed by atoms with Crippen LogP contribution in [0.4, 0.5) is 9.18 Å². The molecule has 1 N–H and O–H groups in total. The van der Waals surface area contributed by atoms with Crippen molar-refractivity contribution in [3.8, 4) is 5.82 Å². The van der Waals surface area contributed by atoms with Crippen molar-refractivity contribution in [2.45, 2.75) is 38.4 Å². The van der Waals surface area contributed by atoms with Gasteiger partial charge in [0.15, 0.2) is 0 Å². The molecule has 1 unspecified atom stereocenters. The number of amides is 3. The van der Waals surface area contributed by atoms with Crippen LogP contribution in [0, 0.1) is 11.7 Å². The fourth-order valence-electron chi connectivity index (χ4n) is 5.07. The molecule has 0 saturated carbocycles. The number of carbonyl (C=O) groups excluding carboxylic acids is 2. The van der Waals surface area contributed by atoms with Gasteiger partial charge in [-0.25, -0.2) is 14.2 Å². The van der Waals surface area contributed by atoms with E-state index in [4.69, 9.17) is 0 Å². The third kappa shape index (κ3) is 4.21. The number of carbonyl (C=O) groups is 2. The van der Waals surface area contributed by atoms with E-state index in [9.17, 15) is 14.0 Å². The molecule has 2 saturated heterocycles. The van der Waals surface area contributed by atoms with E-state index in [1.807, 2.05) is 37.4 Å². The summed E-state index contributed by atoms with van der Waals surface area (Å²) < 4.78 is 15.3. The van der Waals surface area contributed by atoms with E-state index < -0.39 is 5.54 Å². The maximum absolute atomic E-state index is 13.3. The molecule has 7 nitrogen and oxygen atoms in total. The normalized spacial score (nSPS) is 21.8. The van der Waals surface area contributed by atoms with Gasteiger partial charge in [-0.15, -0.1) is 0 Å². The van der Waals surface area contributed by atoms with E-state index in [0.29, 0.717) is 0 Å². The van der Waals surface area contributed by atoms with E-state index in [0.717, 1.165) is 43.9 Å². The Hall–Kier alpha value is -3.52. The van der Waals surface area contributed by atoms with E-state index in [1.165, 1.54) is 22.7 Å². The lowest BCUT2D eigenvalue weighted by Gasteiger charge is -2.39. The van der Waals surface area contributed by atoms with Gasteiger partial charge in [-0.3, -0.25) is 14.6 Å². The monoisotopic (exact) mass is 461 g/mol. The lowest BCUT2D eigenvalue weighted by atomic mass is 9.79. The van der Waals surface area contributed by atoms with Crippen molar-refractivity contribution in [2.75, 3.05) is 13.1 Å². The molecule has 1 atom stereocenters. The molecule has 0 aliphatic carbocycles. The lowest BCUT2D eigenvalue weighted by Crippen LogP contribution is -2.53. The number of benzene rings is 1. The summed E-state index contributed by atoms with van der Waals surface area (Å²) in [6.45, 7) is 4.46. The molecule has 176 valence electrons. The van der Waals surface area contributed by atoms with Gasteiger partial charge in [-0.05, 0) is 80.7 Å². The average molecular weight is 462 g/mol. The molecule has 3 aromatic rings. The number of nitrogens with zero attached hydrogens (tertiary/aromatic N) is 4. The summed E-state index contributed by atoms with van der Waals surface area (Å²) in [7, 11) is 0. The third-order valence-electron chi connectivity index (χ3n) is 7.07. The number of aromatic nitrogens is 2. The Morgan fingerprint density at radius 3 is 2.50 bits per heavy atom. The summed E-state index contributed by atoms with van der Waals surface area (Å²) in [5.41, 5.74) is 0.969. The summed E-state index contributed by atoms with van der Waals surface area (Å²) in [6, 6.07) is 15.5. The highest BCUT2D eigenvalue weighted by molar-refractivity contribution is 6.06. The van der Waals surface area contributed by atoms with Gasteiger partial charge in [0.05, 0.1) is 6.54 Å². The average Bonchev–Trinajstić information content (AvgIpc) is 3.40. The van der Waals surface area contributed by atoms with E-state index in [2.05, 4.69) is 25.8 Å². The molecular weight excluding hydrogens is 433 g/mol. The predicted octanol–water partition coefficient (Wildman–Crippen LogP) is 3.73. The Labute approximate surface area is 198 Å². The van der Waals surface area contributed by atoms with Crippen LogP contribution in [0.15, 0.2) is 67.0 Å². The molecule has 2 fully saturated rings. The maximum Gasteiger partial charge on any atom is 0.325 e. The first-order valence-electron chi connectivity index (χ1n) is 11.6. The van der Waals surface area contributed by atoms with Crippen LogP contribution in [0.25, 0.3) is 5.82 Å². The second-order valence-corrected chi connectivity index (χ2v) is 9.26. The van der Waals surface area contributed by atoms with E-state index in [1.54, 1.807) is 18.3 Å². The molecule has 4 heterocycles. The van der Waals surface area contributed by atoms with Crippen molar-refractivity contribution in [3.05, 3.63) is 84.1 Å². The van der Waals surface area contributed by atoms with Crippen LogP contribution >= 0.6 is 0 Å². The minimum absolute atomic E-state index is 0.0565. The predicted molar refractivity (Wildman–Crippen MR) is 125 cm³/mol. The number of nitrogens with one attached hydrogen (secondary N) is 1. The van der Waals surface area contributed by atoms with E-state index >= 15 is 0 Å². The van der Waals surface area contributed by atoms with Gasteiger partial charge in [0, 0.05) is 24.6 Å². The maximum atomic E-state index is 13.3. The first-order chi connectivity index (χ1) is 16.4. The van der Waals surface area contributed by atoms with Crippen LogP contribution in [-0.4, -0.2) is 49.9 Å². The summed E-state index contributed by atoms with van der Waals surface area (Å²) in [6.07, 6.45) is 5.44. The van der Waals surface area contributed by atoms with Crippen molar-refractivity contribution in [3.63, 3.8) is 0 Å². The Balaban J connectivity index is 1.22. The minimum atomic E-state index is -0.919. The van der Waals surface area contributed by atoms with Gasteiger partial charge in [-0.1, -0.05) is 18.2 Å². The number of rotatable bonds is 6. The van der Waals surface area contributed by atoms with Crippen molar-refractivity contribution >= 4 is 11.9 Å². The standard InChI is InChI=1S/C26H28FN5O2/c1-26(24(33)32(25(34)29-26)17-19-7-9-21(27)10-8-19)20-11-15-30(16-12-20)18-22-5-4-14-31(22)23-6-2-3-13-28-23/h2-10,13-14,20H,11-12,15-18H2,1H3,(H,29,34). The molecule has 34 heavy (non-hydrogen) atoms. The largest absolute Gasteiger partial charge is 0.325 e. The third-order valence-corrected chi connectivity index (χ3v) is 7.07. The summed E-state index contributed by atoms with van der Waals surface area (Å²) in [4.78, 5) is 34.0. The van der Waals surface area contributed by atoms with Crippen LogP contribution < -0.4 is 5.32 Å². The Morgan fingerprint density at radius 2 is 1.79 bits per heavy atom. The number of piperidine rings is 1. The molecule has 2 aromatic heterocycles. The van der Waals surface area contributed by atoms with Crippen LogP contribution in [0.5, 0.6) is 0 Å². The highest BCUT2D eigenvalue weighted by atomic mass is 19.1. The first kappa shape index (κ1) is 22.3. The second kappa shape index (κ2) is 9.02. The van der Waals surface area contributed by atoms with Crippen LogP contribution in [-0.2, 0) is 17.9 Å². The highest BCUT2D eigenvalue weighted by Gasteiger charge is 2.52. The van der Waals surface area contributed by atoms with E-state index in [-0.39, 0.29) is 30.2 Å². The number of hydrogen-bond acceptors (Lipinski definition) is 4. The second-order valence-electron chi connectivity index (χ2n) is 9.26. The zero-order valence-corrected chi connectivity index (χ0v) is 19.2. The highest BCUT2D eigenvalue weighted by Crippen LogP contribution is 2.34. The molecule has 0 radical (unpaired) electrons. The smallest absolute Gasteiger partial charge is 0.323 e. The molecule has 0 bridgehead atoms. The quantitative estimate of drug-likeness (QED) is 0.568. The van der Waals surface area contributed by atoms with Crippen molar-refractivity contribution in [2.24, 2.45) is 5.92 Å². The van der Waals surface area contributed by atoms with Gasteiger partial charge >= 0.3 is 6.03 Å². The molecule has 5 rings (SSSR count). The number of likely N-dealkylation sites (tertiary alicyclic amines) is 1. The number of pyridine rings is 1. The fraction of sp³-hybridized carbons (Fsp3) is 0.346. The van der Waals surface area contributed by atoms with Crippen LogP contribution in [0.1, 0.15) is 31.0 Å². The van der Waals surface area contributed by atoms with Gasteiger partial charge < -0.3 is 9.88 Å². The Morgan fingerprint density at radius 1 is 1.03 bits per heavy atom. The minimum Gasteiger partial charge on any atom is -0.323 e. The molecular formula is C26H28FN5O2. The summed E-state index contributed by atoms with van der Waals surface area (Å²) >= 11 is 0. The summed E-state index contributed by atoms with van der Waals surface area (Å²) in [5.74, 6) is 0.403. The number of imide groups is 1. The molecule has 2 aliphatic heterocycles. The van der Waals surface area contributed by atoms with Crippen molar-refractivity contribution < 1.29 is 14.0 Å². The molecule has 8 heteroatoms. The molecule has 0 spiro atoms. The fourth-order valence-corrected chi connectivity index (χ4v) is 5.07. The SMILES string of the molecule is CC1(C2CCN(Cc3cccn3-c3ccccn3)CC2)NC(=O)N(Cc2ccc(F)cc2)C1=O. The Kier molecular flexibility index (Phi) is 5.91. The first-order valence-corrected chi connectivity index (χ1v) is 11.6. The van der Waals surface area contributed by atoms with Gasteiger partial charge in [0.1, 0.15) is 17.2 Å². The molecule has 1 aromatic carbocycles. The van der Waals surface area contributed by atoms with Gasteiger partial charge in [-0.2, -0.15) is 0 Å². The van der Waals surface area contributed by atoms with Crippen LogP contribution in [0.3, 0.4) is 0 Å². The number of halogens is 1. The van der Waals surface area contributed by atoms with Crippen molar-refractivity contribution in [1.82, 2.24) is 24.7 Å². The summed E-state index contributed by atoms with van der Waals surface area (Å²) in [5, 5.41) is 2.95. The number of hydrogen-bond donors (Lipinski definition) is 1. The Bertz CT molecular complexity index is 1170. The van der Waals surface area contributed by atoms with Gasteiger partial charge in [0.25, 0.3) is 5.91 Å². The topological polar surface area (TPSA) is 70.5 Å². The molecule has 3 amide bonds. The number of urea groups is 1. The zero-order valence-electron chi connectivity index (χ0n) is 19.2. The van der Waals surface area contributed by atoms with Crippen molar-refractivity contribution in [1.29, 1.82) is 0 Å². The molecule has 2 aliphatic rings. The van der Waals surface area contributed by atoms with Gasteiger partial charge in [0.2, 0.25) is 0 Å². The lowest BCUT2D eigenvalue weighted by molar-refractivity contribution is -0.133. The zero-order chi connectivity index (χ0) is 23.7.